The van der Waals surface area contributed by atoms with Gasteiger partial charge in [0.1, 0.15) is 11.8 Å². The summed E-state index contributed by atoms with van der Waals surface area (Å²) >= 11 is 5.60. The van der Waals surface area contributed by atoms with Gasteiger partial charge in [-0.2, -0.15) is 17.5 Å². The van der Waals surface area contributed by atoms with Gasteiger partial charge >= 0.3 is 6.18 Å². The van der Waals surface area contributed by atoms with Crippen molar-refractivity contribution in [3.63, 3.8) is 0 Å². The number of sulfonamides is 1. The molecule has 1 aliphatic rings. The summed E-state index contributed by atoms with van der Waals surface area (Å²) in [6.45, 7) is 1.75. The molecule has 0 radical (unpaired) electrons. The summed E-state index contributed by atoms with van der Waals surface area (Å²) in [4.78, 5) is 12.8. The topological polar surface area (TPSA) is 75.7 Å². The van der Waals surface area contributed by atoms with E-state index in [0.717, 1.165) is 16.4 Å². The van der Waals surface area contributed by atoms with Crippen LogP contribution in [0.4, 0.5) is 18.9 Å². The van der Waals surface area contributed by atoms with Crippen molar-refractivity contribution in [2.75, 3.05) is 19.0 Å². The standard InChI is InChI=1S/C20H20ClF3N2O4S/c1-12-5-7-14(30-2)11-18(12)31(28,29)26-9-3-4-17(26)19(27)25-13-6-8-16(21)15(10-13)20(22,23)24/h5-8,10-11,17H,3-4,9H2,1-2H3,(H,25,27)/t17-/m0/s1. The molecular weight excluding hydrogens is 457 g/mol. The Kier molecular flexibility index (Phi) is 6.54. The fourth-order valence-electron chi connectivity index (χ4n) is 3.45. The van der Waals surface area contributed by atoms with E-state index in [9.17, 15) is 26.4 Å². The van der Waals surface area contributed by atoms with Crippen molar-refractivity contribution >= 4 is 33.2 Å². The minimum atomic E-state index is -4.69. The Hall–Kier alpha value is -2.30. The number of methoxy groups -OCH3 is 1. The van der Waals surface area contributed by atoms with Gasteiger partial charge in [-0.15, -0.1) is 0 Å². The lowest BCUT2D eigenvalue weighted by molar-refractivity contribution is -0.137. The Bertz CT molecular complexity index is 1110. The molecule has 168 valence electrons. The lowest BCUT2D eigenvalue weighted by Gasteiger charge is -2.24. The smallest absolute Gasteiger partial charge is 0.417 e. The second-order valence-electron chi connectivity index (χ2n) is 7.09. The maximum absolute atomic E-state index is 13.2. The van der Waals surface area contributed by atoms with Crippen LogP contribution in [0.15, 0.2) is 41.3 Å². The van der Waals surface area contributed by atoms with E-state index in [1.54, 1.807) is 19.1 Å². The molecule has 31 heavy (non-hydrogen) atoms. The van der Waals surface area contributed by atoms with Gasteiger partial charge in [-0.1, -0.05) is 17.7 Å². The van der Waals surface area contributed by atoms with E-state index in [4.69, 9.17) is 16.3 Å². The van der Waals surface area contributed by atoms with Crippen LogP contribution in [0, 0.1) is 6.92 Å². The normalized spacial score (nSPS) is 17.5. The highest BCUT2D eigenvalue weighted by Crippen LogP contribution is 2.36. The van der Waals surface area contributed by atoms with Gasteiger partial charge in [0.15, 0.2) is 0 Å². The van der Waals surface area contributed by atoms with Crippen LogP contribution < -0.4 is 10.1 Å². The van der Waals surface area contributed by atoms with Crippen LogP contribution in [-0.2, 0) is 21.0 Å². The summed E-state index contributed by atoms with van der Waals surface area (Å²) in [7, 11) is -2.62. The SMILES string of the molecule is COc1ccc(C)c(S(=O)(=O)N2CCC[C@H]2C(=O)Nc2ccc(Cl)c(C(F)(F)F)c2)c1. The molecule has 1 heterocycles. The van der Waals surface area contributed by atoms with E-state index in [1.807, 2.05) is 0 Å². The van der Waals surface area contributed by atoms with E-state index < -0.39 is 38.7 Å². The first-order chi connectivity index (χ1) is 14.4. The predicted octanol–water partition coefficient (Wildman–Crippen LogP) is 4.47. The monoisotopic (exact) mass is 476 g/mol. The number of anilines is 1. The minimum Gasteiger partial charge on any atom is -0.497 e. The third-order valence-electron chi connectivity index (χ3n) is 5.03. The van der Waals surface area contributed by atoms with Gasteiger partial charge in [0.05, 0.1) is 22.6 Å². The number of benzene rings is 2. The van der Waals surface area contributed by atoms with Gasteiger partial charge in [0, 0.05) is 18.3 Å². The highest BCUT2D eigenvalue weighted by atomic mass is 35.5. The van der Waals surface area contributed by atoms with Crippen molar-refractivity contribution in [1.29, 1.82) is 0 Å². The van der Waals surface area contributed by atoms with E-state index in [-0.39, 0.29) is 23.5 Å². The number of halogens is 4. The highest BCUT2D eigenvalue weighted by Gasteiger charge is 2.40. The van der Waals surface area contributed by atoms with Crippen molar-refractivity contribution in [2.24, 2.45) is 0 Å². The number of ether oxygens (including phenoxy) is 1. The number of aryl methyl sites for hydroxylation is 1. The first-order valence-corrected chi connectivity index (χ1v) is 11.1. The zero-order valence-electron chi connectivity index (χ0n) is 16.7. The average molecular weight is 477 g/mol. The number of rotatable bonds is 5. The quantitative estimate of drug-likeness (QED) is 0.691. The first-order valence-electron chi connectivity index (χ1n) is 9.29. The van der Waals surface area contributed by atoms with Gasteiger partial charge in [-0.05, 0) is 49.6 Å². The van der Waals surface area contributed by atoms with Crippen LogP contribution in [0.2, 0.25) is 5.02 Å². The van der Waals surface area contributed by atoms with E-state index in [2.05, 4.69) is 5.32 Å². The fourth-order valence-corrected chi connectivity index (χ4v) is 5.57. The second kappa shape index (κ2) is 8.68. The first kappa shape index (κ1) is 23.4. The molecule has 2 aromatic rings. The molecule has 1 saturated heterocycles. The van der Waals surface area contributed by atoms with Gasteiger partial charge in [0.2, 0.25) is 15.9 Å². The highest BCUT2D eigenvalue weighted by molar-refractivity contribution is 7.89. The van der Waals surface area contributed by atoms with Crippen molar-refractivity contribution in [1.82, 2.24) is 4.31 Å². The van der Waals surface area contributed by atoms with Crippen LogP contribution in [0.3, 0.4) is 0 Å². The van der Waals surface area contributed by atoms with E-state index >= 15 is 0 Å². The molecular formula is C20H20ClF3N2O4S. The van der Waals surface area contributed by atoms with Crippen LogP contribution >= 0.6 is 11.6 Å². The molecule has 1 fully saturated rings. The Labute approximate surface area is 183 Å². The number of nitrogens with one attached hydrogen (secondary N) is 1. The van der Waals surface area contributed by atoms with Crippen LogP contribution in [0.25, 0.3) is 0 Å². The van der Waals surface area contributed by atoms with Crippen molar-refractivity contribution in [3.05, 3.63) is 52.5 Å². The van der Waals surface area contributed by atoms with Crippen LogP contribution in [-0.4, -0.2) is 38.3 Å². The lowest BCUT2D eigenvalue weighted by Crippen LogP contribution is -2.43. The number of hydrogen-bond acceptors (Lipinski definition) is 4. The molecule has 0 saturated carbocycles. The van der Waals surface area contributed by atoms with E-state index in [1.165, 1.54) is 19.2 Å². The summed E-state index contributed by atoms with van der Waals surface area (Å²) in [6, 6.07) is 6.54. The molecule has 1 aliphatic heterocycles. The van der Waals surface area contributed by atoms with Crippen molar-refractivity contribution < 1.29 is 31.1 Å². The number of carbonyl (C=O) groups is 1. The number of amides is 1. The summed E-state index contributed by atoms with van der Waals surface area (Å²) in [6.07, 6.45) is -4.01. The lowest BCUT2D eigenvalue weighted by atomic mass is 10.1. The number of hydrogen-bond donors (Lipinski definition) is 1. The second-order valence-corrected chi connectivity index (χ2v) is 9.35. The molecule has 0 unspecified atom stereocenters. The molecule has 0 aliphatic carbocycles. The third kappa shape index (κ3) is 4.81. The van der Waals surface area contributed by atoms with Gasteiger partial charge in [0.25, 0.3) is 0 Å². The van der Waals surface area contributed by atoms with Crippen LogP contribution in [0.1, 0.15) is 24.0 Å². The molecule has 1 N–H and O–H groups in total. The Balaban J connectivity index is 1.88. The Morgan fingerprint density at radius 2 is 1.94 bits per heavy atom. The zero-order valence-corrected chi connectivity index (χ0v) is 18.2. The molecule has 1 amide bonds. The van der Waals surface area contributed by atoms with Crippen molar-refractivity contribution in [2.45, 2.75) is 36.9 Å². The summed E-state index contributed by atoms with van der Waals surface area (Å²) in [5.74, 6) is -0.359. The minimum absolute atomic E-state index is 0.0115. The number of alkyl halides is 3. The average Bonchev–Trinajstić information content (AvgIpc) is 3.20. The van der Waals surface area contributed by atoms with E-state index in [0.29, 0.717) is 17.7 Å². The number of nitrogens with zero attached hydrogens (tertiary/aromatic N) is 1. The predicted molar refractivity (Wildman–Crippen MR) is 110 cm³/mol. The van der Waals surface area contributed by atoms with Gasteiger partial charge in [-0.3, -0.25) is 4.79 Å². The summed E-state index contributed by atoms with van der Waals surface area (Å²) in [5.41, 5.74) is -0.724. The Morgan fingerprint density at radius 1 is 1.23 bits per heavy atom. The molecule has 2 aromatic carbocycles. The van der Waals surface area contributed by atoms with Crippen LogP contribution in [0.5, 0.6) is 5.75 Å². The molecule has 1 atom stereocenters. The third-order valence-corrected chi connectivity index (χ3v) is 7.41. The zero-order chi connectivity index (χ0) is 23.0. The van der Waals surface area contributed by atoms with Crippen molar-refractivity contribution in [3.8, 4) is 5.75 Å². The molecule has 3 rings (SSSR count). The molecule has 11 heteroatoms. The fraction of sp³-hybridized carbons (Fsp3) is 0.350. The summed E-state index contributed by atoms with van der Waals surface area (Å²) in [5, 5.41) is 1.89. The maximum Gasteiger partial charge on any atom is 0.417 e. The van der Waals surface area contributed by atoms with Gasteiger partial charge < -0.3 is 10.1 Å². The Morgan fingerprint density at radius 3 is 2.58 bits per heavy atom. The maximum atomic E-state index is 13.2. The van der Waals surface area contributed by atoms with Gasteiger partial charge in [-0.25, -0.2) is 8.42 Å². The molecule has 6 nitrogen and oxygen atoms in total. The molecule has 0 spiro atoms. The largest absolute Gasteiger partial charge is 0.497 e. The molecule has 0 aromatic heterocycles. The number of carbonyl (C=O) groups excluding carboxylic acids is 1. The molecule has 0 bridgehead atoms. The summed E-state index contributed by atoms with van der Waals surface area (Å²) < 4.78 is 71.9.